The summed E-state index contributed by atoms with van der Waals surface area (Å²) in [5, 5.41) is 15.0. The van der Waals surface area contributed by atoms with Gasteiger partial charge in [-0.25, -0.2) is 19.6 Å². The topological polar surface area (TPSA) is 132 Å². The summed E-state index contributed by atoms with van der Waals surface area (Å²) in [4.78, 5) is 34.2. The second-order valence-corrected chi connectivity index (χ2v) is 14.5. The van der Waals surface area contributed by atoms with Gasteiger partial charge in [-0.05, 0) is 77.6 Å². The monoisotopic (exact) mass is 682 g/mol. The van der Waals surface area contributed by atoms with Crippen molar-refractivity contribution in [3.8, 4) is 20.9 Å². The highest BCUT2D eigenvalue weighted by molar-refractivity contribution is 7.13. The Morgan fingerprint density at radius 1 is 0.723 bits per heavy atom. The van der Waals surface area contributed by atoms with E-state index in [-0.39, 0.29) is 18.7 Å². The molecule has 0 saturated carbocycles. The third kappa shape index (κ3) is 12.0. The van der Waals surface area contributed by atoms with E-state index in [1.54, 1.807) is 24.0 Å². The Bertz CT molecular complexity index is 1570. The number of alkyl carbamates (subject to hydrolysis) is 2. The predicted molar refractivity (Wildman–Crippen MR) is 187 cm³/mol. The molecule has 0 radical (unpaired) electrons. The van der Waals surface area contributed by atoms with Crippen molar-refractivity contribution >= 4 is 34.9 Å². The average molecular weight is 683 g/mol. The molecule has 0 saturated heterocycles. The zero-order chi connectivity index (χ0) is 34.8. The lowest BCUT2D eigenvalue weighted by molar-refractivity contribution is 0.0496. The number of aromatic nitrogens is 2. The Balaban J connectivity index is 0.000000256. The molecule has 0 bridgehead atoms. The van der Waals surface area contributed by atoms with Gasteiger partial charge in [-0.1, -0.05) is 48.5 Å². The van der Waals surface area contributed by atoms with E-state index in [4.69, 9.17) is 14.2 Å². The maximum absolute atomic E-state index is 11.9. The van der Waals surface area contributed by atoms with Gasteiger partial charge in [0.05, 0.1) is 57.5 Å². The van der Waals surface area contributed by atoms with E-state index in [2.05, 4.69) is 20.6 Å². The molecular weight excluding hydrogens is 637 g/mol. The van der Waals surface area contributed by atoms with E-state index in [0.717, 1.165) is 37.7 Å². The lowest BCUT2D eigenvalue weighted by Crippen LogP contribution is -2.34. The lowest BCUT2D eigenvalue weighted by Gasteiger charge is -2.22. The van der Waals surface area contributed by atoms with Crippen LogP contribution in [-0.2, 0) is 27.4 Å². The molecule has 4 rings (SSSR count). The van der Waals surface area contributed by atoms with Crippen molar-refractivity contribution in [1.29, 1.82) is 0 Å². The molecule has 0 unspecified atom stereocenters. The number of thiazole rings is 2. The van der Waals surface area contributed by atoms with E-state index >= 15 is 0 Å². The van der Waals surface area contributed by atoms with Crippen LogP contribution in [0.5, 0.6) is 0 Å². The van der Waals surface area contributed by atoms with Crippen LogP contribution < -0.4 is 10.6 Å². The number of carbonyl (C=O) groups excluding carboxylic acids is 2. The fourth-order valence-corrected chi connectivity index (χ4v) is 5.96. The number of nitrogens with one attached hydrogen (secondary N) is 2. The number of amides is 2. The van der Waals surface area contributed by atoms with Crippen LogP contribution in [0.1, 0.15) is 90.0 Å². The van der Waals surface area contributed by atoms with Crippen LogP contribution in [0.4, 0.5) is 9.59 Å². The molecule has 2 aromatic carbocycles. The SMILES string of the molecule is COCc1ncsc1-c1ccc([C@H](C)NC(=O)OC(C)(C)C)cc1.C[C@H](NC(=O)OC(C)(C)C)c1ccc(-c2scnc2CO)cc1. The number of methoxy groups -OCH3 is 1. The molecule has 3 N–H and O–H groups in total. The first kappa shape index (κ1) is 37.6. The molecule has 4 aromatic rings. The van der Waals surface area contributed by atoms with Gasteiger partial charge in [0.1, 0.15) is 11.2 Å². The lowest BCUT2D eigenvalue weighted by atomic mass is 10.0. The van der Waals surface area contributed by atoms with Crippen LogP contribution >= 0.6 is 22.7 Å². The van der Waals surface area contributed by atoms with Crippen LogP contribution in [0.2, 0.25) is 0 Å². The zero-order valence-corrected chi connectivity index (χ0v) is 30.2. The summed E-state index contributed by atoms with van der Waals surface area (Å²) >= 11 is 3.09. The Labute approximate surface area is 285 Å². The van der Waals surface area contributed by atoms with Gasteiger partial charge < -0.3 is 30.0 Å². The van der Waals surface area contributed by atoms with E-state index in [9.17, 15) is 14.7 Å². The highest BCUT2D eigenvalue weighted by Gasteiger charge is 2.20. The summed E-state index contributed by atoms with van der Waals surface area (Å²) in [7, 11) is 1.66. The van der Waals surface area contributed by atoms with Crippen molar-refractivity contribution in [3.63, 3.8) is 0 Å². The van der Waals surface area contributed by atoms with Gasteiger partial charge in [-0.15, -0.1) is 22.7 Å². The van der Waals surface area contributed by atoms with Crippen LogP contribution in [0, 0.1) is 0 Å². The number of carbonyl (C=O) groups is 2. The van der Waals surface area contributed by atoms with Crippen LogP contribution in [-0.4, -0.2) is 45.6 Å². The van der Waals surface area contributed by atoms with E-state index in [0.29, 0.717) is 12.3 Å². The van der Waals surface area contributed by atoms with Crippen molar-refractivity contribution in [2.45, 2.75) is 91.9 Å². The van der Waals surface area contributed by atoms with Crippen LogP contribution in [0.3, 0.4) is 0 Å². The molecule has 2 aromatic heterocycles. The largest absolute Gasteiger partial charge is 0.444 e. The standard InChI is InChI=1S/C18H24N2O3S.C17H22N2O3S/c1-12(20-17(21)23-18(2,3)4)13-6-8-14(9-7-13)16-15(10-22-5)19-11-24-16;1-11(19-16(21)22-17(2,3)4)12-5-7-13(8-6-12)15-14(9-20)18-10-23-15/h6-9,11-12H,10H2,1-5H3,(H,20,21);5-8,10-11,20H,9H2,1-4H3,(H,19,21)/t12-;11-/m00/s1. The van der Waals surface area contributed by atoms with Crippen LogP contribution in [0.25, 0.3) is 20.9 Å². The molecule has 0 aliphatic rings. The zero-order valence-electron chi connectivity index (χ0n) is 28.5. The number of hydrogen-bond donors (Lipinski definition) is 3. The molecule has 254 valence electrons. The molecule has 0 aliphatic carbocycles. The molecule has 0 spiro atoms. The van der Waals surface area contributed by atoms with Gasteiger partial charge in [0.15, 0.2) is 0 Å². The summed E-state index contributed by atoms with van der Waals surface area (Å²) in [6.45, 7) is 15.3. The van der Waals surface area contributed by atoms with Gasteiger partial charge in [0.2, 0.25) is 0 Å². The molecule has 2 heterocycles. The fourth-order valence-electron chi connectivity index (χ4n) is 4.34. The highest BCUT2D eigenvalue weighted by atomic mass is 32.1. The van der Waals surface area contributed by atoms with Crippen molar-refractivity contribution in [2.24, 2.45) is 0 Å². The van der Waals surface area contributed by atoms with Crippen molar-refractivity contribution in [3.05, 3.63) is 82.1 Å². The smallest absolute Gasteiger partial charge is 0.408 e. The molecule has 2 amide bonds. The number of benzene rings is 2. The number of aliphatic hydroxyl groups is 1. The quantitative estimate of drug-likeness (QED) is 0.160. The van der Waals surface area contributed by atoms with Crippen LogP contribution in [0.15, 0.2) is 59.6 Å². The molecular formula is C35H46N4O6S2. The average Bonchev–Trinajstić information content (AvgIpc) is 3.65. The minimum absolute atomic E-state index is 0.0722. The number of rotatable bonds is 9. The summed E-state index contributed by atoms with van der Waals surface area (Å²) < 4.78 is 15.7. The Hall–Kier alpha value is -3.84. The van der Waals surface area contributed by atoms with Gasteiger partial charge >= 0.3 is 12.2 Å². The summed E-state index contributed by atoms with van der Waals surface area (Å²) in [5.74, 6) is 0. The minimum atomic E-state index is -0.513. The van der Waals surface area contributed by atoms with Crippen molar-refractivity contribution in [2.75, 3.05) is 7.11 Å². The van der Waals surface area contributed by atoms with E-state index < -0.39 is 23.4 Å². The molecule has 10 nitrogen and oxygen atoms in total. The number of nitrogens with zero attached hydrogens (tertiary/aromatic N) is 2. The first-order valence-electron chi connectivity index (χ1n) is 15.2. The first-order chi connectivity index (χ1) is 22.1. The van der Waals surface area contributed by atoms with E-state index in [1.807, 2.05) is 109 Å². The van der Waals surface area contributed by atoms with Gasteiger partial charge in [0, 0.05) is 7.11 Å². The Morgan fingerprint density at radius 3 is 1.47 bits per heavy atom. The fraction of sp³-hybridized carbons (Fsp3) is 0.429. The normalized spacial score (nSPS) is 12.7. The number of ether oxygens (including phenoxy) is 3. The molecule has 2 atom stereocenters. The first-order valence-corrected chi connectivity index (χ1v) is 17.0. The van der Waals surface area contributed by atoms with Gasteiger partial charge in [-0.3, -0.25) is 0 Å². The van der Waals surface area contributed by atoms with Gasteiger partial charge in [0.25, 0.3) is 0 Å². The number of hydrogen-bond acceptors (Lipinski definition) is 10. The van der Waals surface area contributed by atoms with E-state index in [1.165, 1.54) is 11.3 Å². The number of aliphatic hydroxyl groups excluding tert-OH is 1. The predicted octanol–water partition coefficient (Wildman–Crippen LogP) is 8.43. The third-order valence-corrected chi connectivity index (χ3v) is 8.36. The second kappa shape index (κ2) is 16.8. The molecule has 0 fully saturated rings. The highest BCUT2D eigenvalue weighted by Crippen LogP contribution is 2.30. The van der Waals surface area contributed by atoms with Crippen molar-refractivity contribution in [1.82, 2.24) is 20.6 Å². The summed E-state index contributed by atoms with van der Waals surface area (Å²) in [6.07, 6.45) is -0.844. The van der Waals surface area contributed by atoms with Crippen molar-refractivity contribution < 1.29 is 28.9 Å². The molecule has 47 heavy (non-hydrogen) atoms. The Kier molecular flexibility index (Phi) is 13.5. The van der Waals surface area contributed by atoms with Gasteiger partial charge in [-0.2, -0.15) is 0 Å². The summed E-state index contributed by atoms with van der Waals surface area (Å²) in [5.41, 5.74) is 8.25. The molecule has 12 heteroatoms. The second-order valence-electron chi connectivity index (χ2n) is 12.8. The maximum atomic E-state index is 11.9. The summed E-state index contributed by atoms with van der Waals surface area (Å²) in [6, 6.07) is 15.7. The Morgan fingerprint density at radius 2 is 1.11 bits per heavy atom. The minimum Gasteiger partial charge on any atom is -0.444 e. The third-order valence-electron chi connectivity index (χ3n) is 6.53. The molecule has 0 aliphatic heterocycles. The maximum Gasteiger partial charge on any atom is 0.408 e.